The first-order chi connectivity index (χ1) is 8.68. The van der Waals surface area contributed by atoms with E-state index in [0.717, 1.165) is 19.4 Å². The lowest BCUT2D eigenvalue weighted by molar-refractivity contribution is -0.0297. The summed E-state index contributed by atoms with van der Waals surface area (Å²) in [5, 5.41) is 0. The van der Waals surface area contributed by atoms with Crippen molar-refractivity contribution >= 4 is 0 Å². The average Bonchev–Trinajstić information content (AvgIpc) is 2.84. The largest absolute Gasteiger partial charge is 0.376 e. The number of halogens is 1. The van der Waals surface area contributed by atoms with Crippen molar-refractivity contribution in [1.29, 1.82) is 0 Å². The maximum Gasteiger partial charge on any atom is 0.129 e. The molecule has 3 unspecified atom stereocenters. The van der Waals surface area contributed by atoms with Crippen molar-refractivity contribution in [2.45, 2.75) is 38.0 Å². The van der Waals surface area contributed by atoms with Crippen molar-refractivity contribution in [2.75, 3.05) is 13.2 Å². The SMILES string of the molecule is CC(N)C(OCC1CCCO1)c1ccccc1F. The molecule has 1 aliphatic rings. The van der Waals surface area contributed by atoms with Gasteiger partial charge in [0.2, 0.25) is 0 Å². The van der Waals surface area contributed by atoms with Crippen LogP contribution in [0.15, 0.2) is 24.3 Å². The summed E-state index contributed by atoms with van der Waals surface area (Å²) in [5.41, 5.74) is 6.41. The van der Waals surface area contributed by atoms with Crippen LogP contribution < -0.4 is 5.73 Å². The summed E-state index contributed by atoms with van der Waals surface area (Å²) in [5.74, 6) is -0.271. The van der Waals surface area contributed by atoms with Crippen molar-refractivity contribution in [2.24, 2.45) is 5.73 Å². The van der Waals surface area contributed by atoms with E-state index < -0.39 is 6.10 Å². The van der Waals surface area contributed by atoms with Gasteiger partial charge in [-0.2, -0.15) is 0 Å². The highest BCUT2D eigenvalue weighted by Crippen LogP contribution is 2.24. The van der Waals surface area contributed by atoms with Gasteiger partial charge in [0.25, 0.3) is 0 Å². The van der Waals surface area contributed by atoms with Crippen LogP contribution in [0.3, 0.4) is 0 Å². The zero-order valence-electron chi connectivity index (χ0n) is 10.6. The van der Waals surface area contributed by atoms with Crippen LogP contribution in [0.4, 0.5) is 4.39 Å². The topological polar surface area (TPSA) is 44.5 Å². The molecule has 1 aromatic rings. The van der Waals surface area contributed by atoms with Gasteiger partial charge in [-0.3, -0.25) is 0 Å². The van der Waals surface area contributed by atoms with E-state index in [4.69, 9.17) is 15.2 Å². The highest BCUT2D eigenvalue weighted by Gasteiger charge is 2.23. The van der Waals surface area contributed by atoms with Gasteiger partial charge in [-0.05, 0) is 25.8 Å². The van der Waals surface area contributed by atoms with Crippen molar-refractivity contribution in [3.8, 4) is 0 Å². The van der Waals surface area contributed by atoms with E-state index >= 15 is 0 Å². The highest BCUT2D eigenvalue weighted by molar-refractivity contribution is 5.21. The van der Waals surface area contributed by atoms with Crippen LogP contribution in [-0.2, 0) is 9.47 Å². The predicted octanol–water partition coefficient (Wildman–Crippen LogP) is 2.41. The Kier molecular flexibility index (Phi) is 4.69. The minimum absolute atomic E-state index is 0.123. The number of nitrogens with two attached hydrogens (primary N) is 1. The molecule has 3 atom stereocenters. The Balaban J connectivity index is 2.01. The molecule has 2 rings (SSSR count). The van der Waals surface area contributed by atoms with E-state index in [-0.39, 0.29) is 18.0 Å². The van der Waals surface area contributed by atoms with E-state index in [0.29, 0.717) is 12.2 Å². The summed E-state index contributed by atoms with van der Waals surface area (Å²) >= 11 is 0. The zero-order chi connectivity index (χ0) is 13.0. The van der Waals surface area contributed by atoms with Gasteiger partial charge >= 0.3 is 0 Å². The van der Waals surface area contributed by atoms with Crippen molar-refractivity contribution in [3.05, 3.63) is 35.6 Å². The standard InChI is InChI=1S/C14H20FNO2/c1-10(16)14(12-6-2-3-7-13(12)15)18-9-11-5-4-8-17-11/h2-3,6-7,10-11,14H,4-5,8-9,16H2,1H3. The smallest absolute Gasteiger partial charge is 0.129 e. The first-order valence-corrected chi connectivity index (χ1v) is 6.41. The Bertz CT molecular complexity index is 378. The maximum atomic E-state index is 13.7. The molecule has 1 saturated heterocycles. The van der Waals surface area contributed by atoms with Crippen molar-refractivity contribution < 1.29 is 13.9 Å². The number of ether oxygens (including phenoxy) is 2. The minimum atomic E-state index is -0.421. The fourth-order valence-electron chi connectivity index (χ4n) is 2.22. The fourth-order valence-corrected chi connectivity index (χ4v) is 2.22. The lowest BCUT2D eigenvalue weighted by Crippen LogP contribution is -2.30. The van der Waals surface area contributed by atoms with E-state index in [1.807, 2.05) is 6.92 Å². The van der Waals surface area contributed by atoms with E-state index in [2.05, 4.69) is 0 Å². The Morgan fingerprint density at radius 1 is 1.50 bits per heavy atom. The summed E-state index contributed by atoms with van der Waals surface area (Å²) in [7, 11) is 0. The van der Waals surface area contributed by atoms with Crippen molar-refractivity contribution in [1.82, 2.24) is 0 Å². The molecule has 0 amide bonds. The molecule has 0 saturated carbocycles. The van der Waals surface area contributed by atoms with Crippen LogP contribution in [0, 0.1) is 5.82 Å². The van der Waals surface area contributed by atoms with Crippen LogP contribution in [0.5, 0.6) is 0 Å². The average molecular weight is 253 g/mol. The van der Waals surface area contributed by atoms with Gasteiger partial charge in [-0.15, -0.1) is 0 Å². The Morgan fingerprint density at radius 3 is 2.89 bits per heavy atom. The van der Waals surface area contributed by atoms with Gasteiger partial charge in [0.1, 0.15) is 11.9 Å². The summed E-state index contributed by atoms with van der Waals surface area (Å²) in [6.07, 6.45) is 1.77. The normalized spacial score (nSPS) is 22.9. The lowest BCUT2D eigenvalue weighted by atomic mass is 10.0. The molecule has 0 radical (unpaired) electrons. The maximum absolute atomic E-state index is 13.7. The van der Waals surface area contributed by atoms with E-state index in [1.165, 1.54) is 6.07 Å². The van der Waals surface area contributed by atoms with Gasteiger partial charge in [-0.25, -0.2) is 4.39 Å². The van der Waals surface area contributed by atoms with E-state index in [9.17, 15) is 4.39 Å². The van der Waals surface area contributed by atoms with E-state index in [1.54, 1.807) is 18.2 Å². The molecule has 4 heteroatoms. The molecule has 0 aromatic heterocycles. The molecule has 0 spiro atoms. The molecule has 0 aliphatic carbocycles. The van der Waals surface area contributed by atoms with Gasteiger partial charge in [-0.1, -0.05) is 18.2 Å². The van der Waals surface area contributed by atoms with Crippen LogP contribution in [0.25, 0.3) is 0 Å². The van der Waals surface area contributed by atoms with Crippen molar-refractivity contribution in [3.63, 3.8) is 0 Å². The third-order valence-corrected chi connectivity index (χ3v) is 3.17. The summed E-state index contributed by atoms with van der Waals surface area (Å²) in [6.45, 7) is 3.09. The number of hydrogen-bond donors (Lipinski definition) is 1. The summed E-state index contributed by atoms with van der Waals surface area (Å²) < 4.78 is 25.0. The molecule has 0 bridgehead atoms. The second kappa shape index (κ2) is 6.27. The predicted molar refractivity (Wildman–Crippen MR) is 67.7 cm³/mol. The monoisotopic (exact) mass is 253 g/mol. The van der Waals surface area contributed by atoms with Crippen LogP contribution in [0.1, 0.15) is 31.4 Å². The highest BCUT2D eigenvalue weighted by atomic mass is 19.1. The van der Waals surface area contributed by atoms with Crippen LogP contribution in [-0.4, -0.2) is 25.4 Å². The molecule has 1 heterocycles. The lowest BCUT2D eigenvalue weighted by Gasteiger charge is -2.23. The third-order valence-electron chi connectivity index (χ3n) is 3.17. The van der Waals surface area contributed by atoms with Crippen LogP contribution >= 0.6 is 0 Å². The number of benzene rings is 1. The molecule has 1 fully saturated rings. The van der Waals surface area contributed by atoms with Crippen LogP contribution in [0.2, 0.25) is 0 Å². The first kappa shape index (κ1) is 13.5. The van der Waals surface area contributed by atoms with Gasteiger partial charge in [0.15, 0.2) is 0 Å². The molecule has 2 N–H and O–H groups in total. The second-order valence-electron chi connectivity index (χ2n) is 4.77. The Hall–Kier alpha value is -0.970. The summed E-state index contributed by atoms with van der Waals surface area (Å²) in [6, 6.07) is 6.35. The Morgan fingerprint density at radius 2 is 2.28 bits per heavy atom. The molecule has 1 aromatic carbocycles. The molecular weight excluding hydrogens is 233 g/mol. The van der Waals surface area contributed by atoms with Gasteiger partial charge < -0.3 is 15.2 Å². The molecule has 3 nitrogen and oxygen atoms in total. The second-order valence-corrected chi connectivity index (χ2v) is 4.77. The first-order valence-electron chi connectivity index (χ1n) is 6.41. The van der Waals surface area contributed by atoms with Gasteiger partial charge in [0, 0.05) is 18.2 Å². The molecule has 18 heavy (non-hydrogen) atoms. The quantitative estimate of drug-likeness (QED) is 0.876. The number of rotatable bonds is 5. The Labute approximate surface area is 107 Å². The fraction of sp³-hybridized carbons (Fsp3) is 0.571. The molecular formula is C14H20FNO2. The molecule has 1 aliphatic heterocycles. The third kappa shape index (κ3) is 3.28. The number of hydrogen-bond acceptors (Lipinski definition) is 3. The summed E-state index contributed by atoms with van der Waals surface area (Å²) in [4.78, 5) is 0. The van der Waals surface area contributed by atoms with Gasteiger partial charge in [0.05, 0.1) is 12.7 Å². The zero-order valence-corrected chi connectivity index (χ0v) is 10.6. The minimum Gasteiger partial charge on any atom is -0.376 e. The molecule has 100 valence electrons.